The maximum Gasteiger partial charge on any atom is 0.244 e. The van der Waals surface area contributed by atoms with Crippen LogP contribution in [0.5, 0.6) is 0 Å². The Bertz CT molecular complexity index is 331. The Balaban J connectivity index is 2.07. The zero-order valence-electron chi connectivity index (χ0n) is 8.73. The molecule has 1 amide bonds. The number of amides is 1. The molecule has 0 radical (unpaired) electrons. The van der Waals surface area contributed by atoms with Gasteiger partial charge in [-0.2, -0.15) is 0 Å². The van der Waals surface area contributed by atoms with E-state index in [2.05, 4.69) is 0 Å². The predicted molar refractivity (Wildman–Crippen MR) is 59.2 cm³/mol. The molecule has 0 bridgehead atoms. The molecule has 0 spiro atoms. The number of nitrogens with two attached hydrogens (primary N) is 1. The standard InChI is InChI=1S/C12H16N2O/c13-11(10-6-2-1-3-7-10)12(15)14-8-4-5-9-14/h1-3,6-7,11H,4-5,8-9,13H2/t11-/m1/s1. The number of hydrogen-bond acceptors (Lipinski definition) is 2. The van der Waals surface area contributed by atoms with Gasteiger partial charge in [0.2, 0.25) is 5.91 Å². The third kappa shape index (κ3) is 2.18. The summed E-state index contributed by atoms with van der Waals surface area (Å²) in [5.74, 6) is 0.0544. The molecule has 1 fully saturated rings. The first-order valence-electron chi connectivity index (χ1n) is 5.38. The Labute approximate surface area is 89.9 Å². The van der Waals surface area contributed by atoms with Crippen molar-refractivity contribution in [2.45, 2.75) is 18.9 Å². The van der Waals surface area contributed by atoms with Crippen LogP contribution in [0.1, 0.15) is 24.4 Å². The second-order valence-electron chi connectivity index (χ2n) is 3.92. The molecule has 1 atom stereocenters. The minimum absolute atomic E-state index is 0.0544. The third-order valence-corrected chi connectivity index (χ3v) is 2.84. The molecule has 80 valence electrons. The van der Waals surface area contributed by atoms with Gasteiger partial charge in [-0.15, -0.1) is 0 Å². The van der Waals surface area contributed by atoms with E-state index >= 15 is 0 Å². The molecule has 1 saturated heterocycles. The minimum atomic E-state index is -0.496. The average Bonchev–Trinajstić information content (AvgIpc) is 2.82. The molecule has 1 aromatic rings. The summed E-state index contributed by atoms with van der Waals surface area (Å²) in [5.41, 5.74) is 6.82. The van der Waals surface area contributed by atoms with Crippen molar-refractivity contribution in [2.75, 3.05) is 13.1 Å². The Morgan fingerprint density at radius 2 is 1.80 bits per heavy atom. The molecule has 1 aliphatic rings. The molecular formula is C12H16N2O. The van der Waals surface area contributed by atoms with Crippen molar-refractivity contribution in [3.63, 3.8) is 0 Å². The molecule has 2 N–H and O–H groups in total. The number of carbonyl (C=O) groups is 1. The van der Waals surface area contributed by atoms with Crippen molar-refractivity contribution in [3.8, 4) is 0 Å². The van der Waals surface area contributed by atoms with Gasteiger partial charge in [-0.3, -0.25) is 4.79 Å². The molecule has 1 aliphatic heterocycles. The molecule has 0 aromatic heterocycles. The van der Waals surface area contributed by atoms with Crippen molar-refractivity contribution < 1.29 is 4.79 Å². The zero-order chi connectivity index (χ0) is 10.7. The molecular weight excluding hydrogens is 188 g/mol. The summed E-state index contributed by atoms with van der Waals surface area (Å²) in [6, 6.07) is 9.05. The smallest absolute Gasteiger partial charge is 0.244 e. The van der Waals surface area contributed by atoms with Gasteiger partial charge >= 0.3 is 0 Å². The predicted octanol–water partition coefficient (Wildman–Crippen LogP) is 1.31. The molecule has 0 aliphatic carbocycles. The van der Waals surface area contributed by atoms with Crippen LogP contribution in [0.3, 0.4) is 0 Å². The lowest BCUT2D eigenvalue weighted by Gasteiger charge is -2.20. The first kappa shape index (κ1) is 10.2. The summed E-state index contributed by atoms with van der Waals surface area (Å²) in [7, 11) is 0. The lowest BCUT2D eigenvalue weighted by molar-refractivity contribution is -0.131. The largest absolute Gasteiger partial charge is 0.341 e. The van der Waals surface area contributed by atoms with E-state index in [0.717, 1.165) is 31.5 Å². The van der Waals surface area contributed by atoms with Crippen LogP contribution in [0.4, 0.5) is 0 Å². The lowest BCUT2D eigenvalue weighted by Crippen LogP contribution is -2.36. The van der Waals surface area contributed by atoms with Crippen molar-refractivity contribution in [1.29, 1.82) is 0 Å². The van der Waals surface area contributed by atoms with Gasteiger partial charge in [0.1, 0.15) is 6.04 Å². The zero-order valence-corrected chi connectivity index (χ0v) is 8.73. The summed E-state index contributed by atoms with van der Waals surface area (Å²) in [6.07, 6.45) is 2.21. The highest BCUT2D eigenvalue weighted by atomic mass is 16.2. The van der Waals surface area contributed by atoms with E-state index in [1.807, 2.05) is 35.2 Å². The van der Waals surface area contributed by atoms with Crippen LogP contribution in [-0.2, 0) is 4.79 Å². The normalized spacial score (nSPS) is 17.8. The number of rotatable bonds is 2. The van der Waals surface area contributed by atoms with Crippen LogP contribution in [0, 0.1) is 0 Å². The summed E-state index contributed by atoms with van der Waals surface area (Å²) in [4.78, 5) is 13.8. The second-order valence-corrected chi connectivity index (χ2v) is 3.92. The van der Waals surface area contributed by atoms with E-state index in [9.17, 15) is 4.79 Å². The van der Waals surface area contributed by atoms with Gasteiger partial charge in [0.05, 0.1) is 0 Å². The van der Waals surface area contributed by atoms with Crippen molar-refractivity contribution in [1.82, 2.24) is 4.90 Å². The van der Waals surface area contributed by atoms with Gasteiger partial charge in [-0.25, -0.2) is 0 Å². The number of hydrogen-bond donors (Lipinski definition) is 1. The van der Waals surface area contributed by atoms with E-state index in [1.165, 1.54) is 0 Å². The van der Waals surface area contributed by atoms with Crippen LogP contribution < -0.4 is 5.73 Å². The number of likely N-dealkylation sites (tertiary alicyclic amines) is 1. The Morgan fingerprint density at radius 1 is 1.20 bits per heavy atom. The van der Waals surface area contributed by atoms with Gasteiger partial charge in [0.25, 0.3) is 0 Å². The van der Waals surface area contributed by atoms with Gasteiger partial charge in [-0.1, -0.05) is 30.3 Å². The maximum atomic E-state index is 11.9. The van der Waals surface area contributed by atoms with Crippen molar-refractivity contribution in [3.05, 3.63) is 35.9 Å². The average molecular weight is 204 g/mol. The van der Waals surface area contributed by atoms with Crippen LogP contribution in [-0.4, -0.2) is 23.9 Å². The molecule has 0 unspecified atom stereocenters. The Morgan fingerprint density at radius 3 is 2.40 bits per heavy atom. The monoisotopic (exact) mass is 204 g/mol. The highest BCUT2D eigenvalue weighted by Crippen LogP contribution is 2.16. The molecule has 3 nitrogen and oxygen atoms in total. The summed E-state index contributed by atoms with van der Waals surface area (Å²) in [5, 5.41) is 0. The van der Waals surface area contributed by atoms with E-state index in [-0.39, 0.29) is 5.91 Å². The van der Waals surface area contributed by atoms with Crippen LogP contribution in [0.25, 0.3) is 0 Å². The Hall–Kier alpha value is -1.35. The molecule has 2 rings (SSSR count). The van der Waals surface area contributed by atoms with Crippen molar-refractivity contribution >= 4 is 5.91 Å². The highest BCUT2D eigenvalue weighted by molar-refractivity contribution is 5.83. The topological polar surface area (TPSA) is 46.3 Å². The SMILES string of the molecule is N[C@@H](C(=O)N1CCCC1)c1ccccc1. The minimum Gasteiger partial charge on any atom is -0.341 e. The molecule has 1 heterocycles. The van der Waals surface area contributed by atoms with Gasteiger partial charge in [0.15, 0.2) is 0 Å². The van der Waals surface area contributed by atoms with Crippen LogP contribution in [0.2, 0.25) is 0 Å². The number of nitrogens with zero attached hydrogens (tertiary/aromatic N) is 1. The molecule has 0 saturated carbocycles. The molecule has 3 heteroatoms. The third-order valence-electron chi connectivity index (χ3n) is 2.84. The van der Waals surface area contributed by atoms with E-state index in [1.54, 1.807) is 0 Å². The summed E-state index contributed by atoms with van der Waals surface area (Å²) >= 11 is 0. The Kier molecular flexibility index (Phi) is 3.02. The molecule has 15 heavy (non-hydrogen) atoms. The van der Waals surface area contributed by atoms with E-state index in [0.29, 0.717) is 0 Å². The lowest BCUT2D eigenvalue weighted by atomic mass is 10.1. The van der Waals surface area contributed by atoms with E-state index in [4.69, 9.17) is 5.73 Å². The van der Waals surface area contributed by atoms with Gasteiger partial charge < -0.3 is 10.6 Å². The van der Waals surface area contributed by atoms with Crippen LogP contribution >= 0.6 is 0 Å². The maximum absolute atomic E-state index is 11.9. The second kappa shape index (κ2) is 4.45. The quantitative estimate of drug-likeness (QED) is 0.789. The number of benzene rings is 1. The summed E-state index contributed by atoms with van der Waals surface area (Å²) < 4.78 is 0. The van der Waals surface area contributed by atoms with Gasteiger partial charge in [-0.05, 0) is 18.4 Å². The number of carbonyl (C=O) groups excluding carboxylic acids is 1. The fourth-order valence-corrected chi connectivity index (χ4v) is 1.94. The van der Waals surface area contributed by atoms with Crippen LogP contribution in [0.15, 0.2) is 30.3 Å². The van der Waals surface area contributed by atoms with E-state index < -0.39 is 6.04 Å². The first-order chi connectivity index (χ1) is 7.29. The molecule has 1 aromatic carbocycles. The van der Waals surface area contributed by atoms with Gasteiger partial charge in [0, 0.05) is 13.1 Å². The first-order valence-corrected chi connectivity index (χ1v) is 5.38. The summed E-state index contributed by atoms with van der Waals surface area (Å²) in [6.45, 7) is 1.72. The highest BCUT2D eigenvalue weighted by Gasteiger charge is 2.24. The van der Waals surface area contributed by atoms with Crippen molar-refractivity contribution in [2.24, 2.45) is 5.73 Å². The fraction of sp³-hybridized carbons (Fsp3) is 0.417. The fourth-order valence-electron chi connectivity index (χ4n) is 1.94.